The van der Waals surface area contributed by atoms with Gasteiger partial charge in [0.15, 0.2) is 0 Å². The van der Waals surface area contributed by atoms with Gasteiger partial charge in [-0.2, -0.15) is 5.10 Å². The van der Waals surface area contributed by atoms with Crippen LogP contribution in [0, 0.1) is 9.39 Å². The summed E-state index contributed by atoms with van der Waals surface area (Å²) in [4.78, 5) is 27.5. The number of nitrogens with zero attached hydrogens (tertiary/aromatic N) is 2. The first-order chi connectivity index (χ1) is 12.5. The van der Waals surface area contributed by atoms with E-state index in [-0.39, 0.29) is 38.0 Å². The number of ketones is 1. The van der Waals surface area contributed by atoms with Crippen molar-refractivity contribution in [2.45, 2.75) is 6.92 Å². The molecule has 0 atom stereocenters. The molecule has 2 aromatic heterocycles. The van der Waals surface area contributed by atoms with E-state index in [2.05, 4.69) is 22.3 Å². The van der Waals surface area contributed by atoms with E-state index in [1.54, 1.807) is 24.0 Å². The number of benzene rings is 1. The van der Waals surface area contributed by atoms with Gasteiger partial charge in [0, 0.05) is 7.05 Å². The van der Waals surface area contributed by atoms with Gasteiger partial charge in [-0.15, -0.1) is 0 Å². The number of hydrogen-bond donors (Lipinski definition) is 2. The Kier molecular flexibility index (Phi) is 5.50. The van der Waals surface area contributed by atoms with Gasteiger partial charge in [0.25, 0.3) is 0 Å². The van der Waals surface area contributed by atoms with E-state index >= 15 is 0 Å². The van der Waals surface area contributed by atoms with Crippen LogP contribution in [-0.4, -0.2) is 30.9 Å². The number of halogens is 2. The minimum absolute atomic E-state index is 0.00655. The summed E-state index contributed by atoms with van der Waals surface area (Å²) < 4.78 is 17.8. The molecular weight excluding hydrogens is 450 g/mol. The third-order valence-electron chi connectivity index (χ3n) is 3.62. The second-order valence-electron chi connectivity index (χ2n) is 5.51. The number of H-pyrrole nitrogens is 1. The number of carbonyl (C=O) groups excluding carboxylic acids is 2. The van der Waals surface area contributed by atoms with Crippen LogP contribution in [0.1, 0.15) is 33.3 Å². The van der Waals surface area contributed by atoms with Crippen LogP contribution in [0.4, 0.5) is 10.1 Å². The van der Waals surface area contributed by atoms with Crippen LogP contribution in [0.15, 0.2) is 42.9 Å². The van der Waals surface area contributed by atoms with E-state index in [0.29, 0.717) is 5.69 Å². The summed E-state index contributed by atoms with van der Waals surface area (Å²) in [6.45, 7) is 2.06. The van der Waals surface area contributed by atoms with Crippen molar-refractivity contribution in [3.05, 3.63) is 69.1 Å². The first-order valence-electron chi connectivity index (χ1n) is 7.89. The van der Waals surface area contributed by atoms with Crippen LogP contribution in [-0.2, 0) is 7.05 Å². The summed E-state index contributed by atoms with van der Waals surface area (Å²) in [6, 6.07) is 6.17. The molecule has 0 saturated carbocycles. The van der Waals surface area contributed by atoms with Gasteiger partial charge in [0.05, 0.1) is 0 Å². The van der Waals surface area contributed by atoms with E-state index in [4.69, 9.17) is 0 Å². The summed E-state index contributed by atoms with van der Waals surface area (Å²) >= 11 is -0.220. The molecule has 0 aliphatic rings. The number of alkyl halides is 1. The van der Waals surface area contributed by atoms with Crippen molar-refractivity contribution in [2.24, 2.45) is 7.05 Å². The fraction of sp³-hybridized carbons (Fsp3) is 0.167. The molecule has 26 heavy (non-hydrogen) atoms. The molecule has 3 aromatic rings. The van der Waals surface area contributed by atoms with E-state index in [9.17, 15) is 14.0 Å². The van der Waals surface area contributed by atoms with Crippen LogP contribution in [0.3, 0.4) is 0 Å². The van der Waals surface area contributed by atoms with Gasteiger partial charge in [-0.1, -0.05) is 0 Å². The van der Waals surface area contributed by atoms with Crippen LogP contribution in [0.25, 0.3) is 0 Å². The summed E-state index contributed by atoms with van der Waals surface area (Å²) in [6.07, 6.45) is 4.58. The zero-order valence-corrected chi connectivity index (χ0v) is 16.4. The number of hydrogen-bond acceptors (Lipinski definition) is 3. The Morgan fingerprint density at radius 3 is 2.81 bits per heavy atom. The first kappa shape index (κ1) is 18.3. The van der Waals surface area contributed by atoms with Gasteiger partial charge >= 0.3 is 143 Å². The van der Waals surface area contributed by atoms with Crippen molar-refractivity contribution in [1.29, 1.82) is 0 Å². The number of aryl methyl sites for hydroxylation is 1. The minimum atomic E-state index is -0.525. The molecule has 0 fully saturated rings. The molecule has 6 nitrogen and oxygen atoms in total. The van der Waals surface area contributed by atoms with Gasteiger partial charge in [-0.05, 0) is 0 Å². The standard InChI is InChI=1S/C18H17FIN4O2/c1-3-20-12-4-5-14(15(19)7-12)17(25)11-6-16(21-8-11)18(26)23-13-9-22-24(2)10-13/h4-10,21H,3H2,1-2H3,(H,23,26)/q-1. The van der Waals surface area contributed by atoms with E-state index in [0.717, 1.165) is 8.00 Å². The monoisotopic (exact) mass is 467 g/mol. The van der Waals surface area contributed by atoms with Crippen LogP contribution >= 0.6 is 0 Å². The zero-order valence-electron chi connectivity index (χ0n) is 14.2. The SMILES string of the molecule is CC[I-]c1ccc(C(=O)c2c[nH]c(C(=O)Nc3cnn(C)c3)c2)c(F)c1. The molecule has 3 rings (SSSR count). The van der Waals surface area contributed by atoms with Crippen molar-refractivity contribution in [2.75, 3.05) is 9.74 Å². The Bertz CT molecular complexity index is 964. The second-order valence-corrected chi connectivity index (χ2v) is 9.05. The van der Waals surface area contributed by atoms with Gasteiger partial charge in [0.2, 0.25) is 0 Å². The Balaban J connectivity index is 1.76. The van der Waals surface area contributed by atoms with Crippen LogP contribution < -0.4 is 26.5 Å². The summed E-state index contributed by atoms with van der Waals surface area (Å²) in [5.41, 5.74) is 0.997. The average Bonchev–Trinajstić information content (AvgIpc) is 3.24. The number of rotatable bonds is 6. The molecule has 0 radical (unpaired) electrons. The third-order valence-corrected chi connectivity index (χ3v) is 5.93. The molecule has 1 aromatic carbocycles. The topological polar surface area (TPSA) is 79.8 Å². The molecule has 8 heteroatoms. The first-order valence-corrected chi connectivity index (χ1v) is 10.5. The number of anilines is 1. The third kappa shape index (κ3) is 4.01. The number of aromatic nitrogens is 3. The Morgan fingerprint density at radius 1 is 1.35 bits per heavy atom. The predicted octanol–water partition coefficient (Wildman–Crippen LogP) is -0.351. The maximum atomic E-state index is 14.3. The number of amides is 1. The number of aromatic amines is 1. The van der Waals surface area contributed by atoms with E-state index in [1.807, 2.05) is 0 Å². The van der Waals surface area contributed by atoms with Gasteiger partial charge in [-0.25, -0.2) is 0 Å². The van der Waals surface area contributed by atoms with Crippen LogP contribution in [0.5, 0.6) is 0 Å². The predicted molar refractivity (Wildman–Crippen MR) is 91.0 cm³/mol. The Morgan fingerprint density at radius 2 is 2.15 bits per heavy atom. The van der Waals surface area contributed by atoms with Crippen LogP contribution in [0.2, 0.25) is 0 Å². The molecule has 0 unspecified atom stereocenters. The molecule has 0 aliphatic heterocycles. The maximum absolute atomic E-state index is 14.3. The summed E-state index contributed by atoms with van der Waals surface area (Å²) in [5.74, 6) is -1.38. The van der Waals surface area contributed by atoms with Crippen molar-refractivity contribution in [3.8, 4) is 0 Å². The molecule has 0 spiro atoms. The van der Waals surface area contributed by atoms with Crippen molar-refractivity contribution in [1.82, 2.24) is 14.8 Å². The van der Waals surface area contributed by atoms with Gasteiger partial charge < -0.3 is 0 Å². The zero-order chi connectivity index (χ0) is 18.7. The fourth-order valence-corrected chi connectivity index (χ4v) is 4.22. The molecule has 2 N–H and O–H groups in total. The van der Waals surface area contributed by atoms with Gasteiger partial charge in [-0.3, -0.25) is 4.68 Å². The number of nitrogens with one attached hydrogen (secondary N) is 2. The van der Waals surface area contributed by atoms with Crippen molar-refractivity contribution in [3.63, 3.8) is 0 Å². The fourth-order valence-electron chi connectivity index (χ4n) is 2.41. The molecule has 0 bridgehead atoms. The average molecular weight is 467 g/mol. The van der Waals surface area contributed by atoms with E-state index < -0.39 is 17.5 Å². The molecule has 136 valence electrons. The van der Waals surface area contributed by atoms with Crippen molar-refractivity contribution < 1.29 is 35.2 Å². The Hall–Kier alpha value is -2.49. The van der Waals surface area contributed by atoms with Crippen molar-refractivity contribution >= 4 is 17.4 Å². The molecule has 0 saturated heterocycles. The molecular formula is C18H17FIN4O2-. The normalized spacial score (nSPS) is 10.9. The quantitative estimate of drug-likeness (QED) is 0.296. The summed E-state index contributed by atoms with van der Waals surface area (Å²) in [7, 11) is 1.74. The molecule has 1 amide bonds. The molecule has 0 aliphatic carbocycles. The second kappa shape index (κ2) is 7.81. The number of carbonyl (C=O) groups is 2. The Labute approximate surface area is 160 Å². The molecule has 2 heterocycles. The summed E-state index contributed by atoms with van der Waals surface area (Å²) in [5, 5.41) is 6.63. The van der Waals surface area contributed by atoms with E-state index in [1.165, 1.54) is 30.6 Å². The van der Waals surface area contributed by atoms with Gasteiger partial charge in [0.1, 0.15) is 0 Å².